The van der Waals surface area contributed by atoms with Gasteiger partial charge in [-0.2, -0.15) is 0 Å². The average molecular weight is 328 g/mol. The Hall–Kier alpha value is -2.12. The molecule has 0 saturated heterocycles. The Balaban J connectivity index is 1.60. The summed E-state index contributed by atoms with van der Waals surface area (Å²) in [6.07, 6.45) is 1.74. The average Bonchev–Trinajstić information content (AvgIpc) is 3.10. The first-order chi connectivity index (χ1) is 10.7. The monoisotopic (exact) mass is 328 g/mol. The van der Waals surface area contributed by atoms with E-state index in [1.807, 2.05) is 17.5 Å². The fraction of sp³-hybridized carbons (Fsp3) is 0.133. The van der Waals surface area contributed by atoms with Crippen LogP contribution in [0, 0.1) is 6.92 Å². The molecule has 0 spiro atoms. The zero-order chi connectivity index (χ0) is 15.1. The zero-order valence-electron chi connectivity index (χ0n) is 11.7. The fourth-order valence-electron chi connectivity index (χ4n) is 2.27. The van der Waals surface area contributed by atoms with E-state index in [0.29, 0.717) is 5.75 Å². The van der Waals surface area contributed by atoms with E-state index in [4.69, 9.17) is 0 Å². The number of nitrogens with zero attached hydrogens (tertiary/aromatic N) is 3. The first-order valence-electron chi connectivity index (χ1n) is 6.74. The Morgan fingerprint density at radius 3 is 3.14 bits per heavy atom. The highest BCUT2D eigenvalue weighted by Crippen LogP contribution is 2.23. The SMILES string of the molecule is Cc1ccc2nc(SCc3cc(=O)n4ccsc4n3)[nH]c2c1. The molecule has 22 heavy (non-hydrogen) atoms. The van der Waals surface area contributed by atoms with Crippen LogP contribution in [0.5, 0.6) is 0 Å². The highest BCUT2D eigenvalue weighted by atomic mass is 32.2. The lowest BCUT2D eigenvalue weighted by Gasteiger charge is -1.99. The van der Waals surface area contributed by atoms with Gasteiger partial charge in [-0.1, -0.05) is 17.8 Å². The number of hydrogen-bond donors (Lipinski definition) is 1. The minimum absolute atomic E-state index is 0.0397. The molecule has 7 heteroatoms. The number of imidazole rings is 1. The molecule has 4 aromatic rings. The Kier molecular flexibility index (Phi) is 3.24. The highest BCUT2D eigenvalue weighted by Gasteiger charge is 2.07. The van der Waals surface area contributed by atoms with Crippen LogP contribution in [-0.4, -0.2) is 19.4 Å². The van der Waals surface area contributed by atoms with Gasteiger partial charge in [-0.3, -0.25) is 9.20 Å². The molecule has 3 heterocycles. The molecule has 1 N–H and O–H groups in total. The first kappa shape index (κ1) is 13.5. The minimum atomic E-state index is -0.0397. The lowest BCUT2D eigenvalue weighted by molar-refractivity contribution is 1.03. The van der Waals surface area contributed by atoms with Gasteiger partial charge in [0, 0.05) is 23.4 Å². The van der Waals surface area contributed by atoms with Crippen molar-refractivity contribution in [2.45, 2.75) is 17.8 Å². The summed E-state index contributed by atoms with van der Waals surface area (Å²) in [5.41, 5.74) is 3.92. The van der Waals surface area contributed by atoms with Gasteiger partial charge in [-0.25, -0.2) is 9.97 Å². The lowest BCUT2D eigenvalue weighted by atomic mass is 10.2. The summed E-state index contributed by atoms with van der Waals surface area (Å²) >= 11 is 3.01. The van der Waals surface area contributed by atoms with Crippen LogP contribution in [-0.2, 0) is 5.75 Å². The van der Waals surface area contributed by atoms with Gasteiger partial charge in [0.1, 0.15) is 0 Å². The molecule has 0 atom stereocenters. The molecule has 0 bridgehead atoms. The van der Waals surface area contributed by atoms with E-state index in [-0.39, 0.29) is 5.56 Å². The molecule has 0 amide bonds. The Bertz CT molecular complexity index is 1030. The van der Waals surface area contributed by atoms with Gasteiger partial charge in [0.05, 0.1) is 16.7 Å². The van der Waals surface area contributed by atoms with Crippen LogP contribution in [0.15, 0.2) is 45.8 Å². The zero-order valence-corrected chi connectivity index (χ0v) is 13.4. The topological polar surface area (TPSA) is 63.1 Å². The van der Waals surface area contributed by atoms with E-state index < -0.39 is 0 Å². The number of benzene rings is 1. The quantitative estimate of drug-likeness (QED) is 0.587. The van der Waals surface area contributed by atoms with Gasteiger partial charge >= 0.3 is 0 Å². The number of aromatic nitrogens is 4. The van der Waals surface area contributed by atoms with Gasteiger partial charge < -0.3 is 4.98 Å². The van der Waals surface area contributed by atoms with Crippen LogP contribution < -0.4 is 5.56 Å². The van der Waals surface area contributed by atoms with E-state index in [0.717, 1.165) is 26.8 Å². The normalized spacial score (nSPS) is 11.5. The number of thiazole rings is 1. The summed E-state index contributed by atoms with van der Waals surface area (Å²) in [5, 5.41) is 2.70. The third kappa shape index (κ3) is 2.42. The number of nitrogens with one attached hydrogen (secondary N) is 1. The number of aryl methyl sites for hydroxylation is 1. The fourth-order valence-corrected chi connectivity index (χ4v) is 3.79. The minimum Gasteiger partial charge on any atom is -0.333 e. The van der Waals surface area contributed by atoms with Gasteiger partial charge in [-0.15, -0.1) is 11.3 Å². The van der Waals surface area contributed by atoms with Crippen molar-refractivity contribution in [3.8, 4) is 0 Å². The molecule has 3 aromatic heterocycles. The van der Waals surface area contributed by atoms with Crippen LogP contribution in [0.2, 0.25) is 0 Å². The van der Waals surface area contributed by atoms with Crippen molar-refractivity contribution in [1.29, 1.82) is 0 Å². The van der Waals surface area contributed by atoms with E-state index >= 15 is 0 Å². The molecular weight excluding hydrogens is 316 g/mol. The standard InChI is InChI=1S/C15H12N4OS2/c1-9-2-3-11-12(6-9)18-14(17-11)22-8-10-7-13(20)19-4-5-21-15(19)16-10/h2-7H,8H2,1H3,(H,17,18). The maximum absolute atomic E-state index is 11.9. The van der Waals surface area contributed by atoms with Crippen molar-refractivity contribution in [1.82, 2.24) is 19.4 Å². The van der Waals surface area contributed by atoms with Crippen molar-refractivity contribution in [2.75, 3.05) is 0 Å². The van der Waals surface area contributed by atoms with Gasteiger partial charge in [0.2, 0.25) is 0 Å². The second kappa shape index (κ2) is 5.26. The number of rotatable bonds is 3. The third-order valence-corrected chi connectivity index (χ3v) is 4.99. The van der Waals surface area contributed by atoms with E-state index in [1.54, 1.807) is 28.4 Å². The summed E-state index contributed by atoms with van der Waals surface area (Å²) in [6, 6.07) is 7.71. The molecule has 5 nitrogen and oxygen atoms in total. The maximum atomic E-state index is 11.9. The number of hydrogen-bond acceptors (Lipinski definition) is 5. The summed E-state index contributed by atoms with van der Waals surface area (Å²) in [7, 11) is 0. The summed E-state index contributed by atoms with van der Waals surface area (Å²) in [6.45, 7) is 2.06. The second-order valence-corrected chi connectivity index (χ2v) is 6.83. The second-order valence-electron chi connectivity index (χ2n) is 4.99. The lowest BCUT2D eigenvalue weighted by Crippen LogP contribution is -2.12. The van der Waals surface area contributed by atoms with Gasteiger partial charge in [-0.05, 0) is 24.6 Å². The summed E-state index contributed by atoms with van der Waals surface area (Å²) < 4.78 is 1.56. The van der Waals surface area contributed by atoms with Gasteiger partial charge in [0.25, 0.3) is 5.56 Å². The number of aromatic amines is 1. The molecule has 0 aliphatic carbocycles. The molecule has 4 rings (SSSR count). The Morgan fingerprint density at radius 2 is 2.23 bits per heavy atom. The van der Waals surface area contributed by atoms with Crippen LogP contribution in [0.25, 0.3) is 16.0 Å². The maximum Gasteiger partial charge on any atom is 0.258 e. The Morgan fingerprint density at radius 1 is 1.32 bits per heavy atom. The molecule has 1 aromatic carbocycles. The van der Waals surface area contributed by atoms with E-state index in [2.05, 4.69) is 27.9 Å². The predicted molar refractivity (Wildman–Crippen MR) is 89.7 cm³/mol. The van der Waals surface area contributed by atoms with Crippen LogP contribution in [0.4, 0.5) is 0 Å². The summed E-state index contributed by atoms with van der Waals surface area (Å²) in [4.78, 5) is 25.0. The van der Waals surface area contributed by atoms with E-state index in [1.165, 1.54) is 16.9 Å². The molecule has 0 unspecified atom stereocenters. The molecule has 0 fully saturated rings. The number of thioether (sulfide) groups is 1. The number of fused-ring (bicyclic) bond motifs is 2. The van der Waals surface area contributed by atoms with Crippen LogP contribution >= 0.6 is 23.1 Å². The molecule has 0 radical (unpaired) electrons. The van der Waals surface area contributed by atoms with Crippen molar-refractivity contribution >= 4 is 39.1 Å². The van der Waals surface area contributed by atoms with Gasteiger partial charge in [0.15, 0.2) is 10.1 Å². The highest BCUT2D eigenvalue weighted by molar-refractivity contribution is 7.98. The van der Waals surface area contributed by atoms with Crippen LogP contribution in [0.3, 0.4) is 0 Å². The smallest absolute Gasteiger partial charge is 0.258 e. The first-order valence-corrected chi connectivity index (χ1v) is 8.60. The van der Waals surface area contributed by atoms with Crippen molar-refractivity contribution in [3.63, 3.8) is 0 Å². The molecule has 110 valence electrons. The van der Waals surface area contributed by atoms with Crippen molar-refractivity contribution < 1.29 is 0 Å². The molecule has 0 saturated carbocycles. The van der Waals surface area contributed by atoms with Crippen molar-refractivity contribution in [2.24, 2.45) is 0 Å². The number of H-pyrrole nitrogens is 1. The largest absolute Gasteiger partial charge is 0.333 e. The Labute approximate surface area is 134 Å². The third-order valence-electron chi connectivity index (χ3n) is 3.33. The van der Waals surface area contributed by atoms with Crippen molar-refractivity contribution in [3.05, 3.63) is 57.5 Å². The molecular formula is C15H12N4OS2. The van der Waals surface area contributed by atoms with E-state index in [9.17, 15) is 4.79 Å². The van der Waals surface area contributed by atoms with Crippen LogP contribution in [0.1, 0.15) is 11.3 Å². The predicted octanol–water partition coefficient (Wildman–Crippen LogP) is 3.23. The molecule has 0 aliphatic heterocycles. The molecule has 0 aliphatic rings. The summed E-state index contributed by atoms with van der Waals surface area (Å²) in [5.74, 6) is 0.614.